The van der Waals surface area contributed by atoms with Crippen molar-refractivity contribution in [2.75, 3.05) is 7.05 Å². The molecule has 0 aliphatic heterocycles. The number of nitrogens with zero attached hydrogens (tertiary/aromatic N) is 2. The highest BCUT2D eigenvalue weighted by Gasteiger charge is 2.14. The van der Waals surface area contributed by atoms with Gasteiger partial charge in [0.25, 0.3) is 5.91 Å². The molecule has 0 bridgehead atoms. The second-order valence-electron chi connectivity index (χ2n) is 5.14. The van der Waals surface area contributed by atoms with Crippen molar-refractivity contribution in [2.24, 2.45) is 0 Å². The molecule has 0 unspecified atom stereocenters. The molecular formula is C18H16ClN3O. The van der Waals surface area contributed by atoms with E-state index in [0.29, 0.717) is 17.3 Å². The highest BCUT2D eigenvalue weighted by Crippen LogP contribution is 2.23. The Bertz CT molecular complexity index is 810. The van der Waals surface area contributed by atoms with Crippen LogP contribution in [0.5, 0.6) is 0 Å². The summed E-state index contributed by atoms with van der Waals surface area (Å²) in [6, 6.07) is 19.3. The van der Waals surface area contributed by atoms with Crippen molar-refractivity contribution in [3.63, 3.8) is 0 Å². The van der Waals surface area contributed by atoms with Gasteiger partial charge in [0.1, 0.15) is 0 Å². The summed E-state index contributed by atoms with van der Waals surface area (Å²) in [6.45, 7) is 0.593. The minimum absolute atomic E-state index is 0.202. The van der Waals surface area contributed by atoms with Crippen molar-refractivity contribution in [1.82, 2.24) is 15.1 Å². The highest BCUT2D eigenvalue weighted by atomic mass is 35.5. The van der Waals surface area contributed by atoms with Crippen LogP contribution in [0.15, 0.2) is 60.7 Å². The van der Waals surface area contributed by atoms with Crippen molar-refractivity contribution in [1.29, 1.82) is 0 Å². The molecule has 4 nitrogen and oxygen atoms in total. The Morgan fingerprint density at radius 1 is 1.13 bits per heavy atom. The van der Waals surface area contributed by atoms with Crippen molar-refractivity contribution in [3.8, 4) is 11.3 Å². The summed E-state index contributed by atoms with van der Waals surface area (Å²) in [5, 5.41) is 7.73. The Balaban J connectivity index is 2.03. The molecule has 0 fully saturated rings. The molecule has 0 spiro atoms. The van der Waals surface area contributed by atoms with Crippen LogP contribution >= 0.6 is 11.6 Å². The van der Waals surface area contributed by atoms with E-state index < -0.39 is 0 Å². The van der Waals surface area contributed by atoms with E-state index in [1.54, 1.807) is 13.1 Å². The summed E-state index contributed by atoms with van der Waals surface area (Å²) in [5.41, 5.74) is 3.36. The zero-order valence-electron chi connectivity index (χ0n) is 12.7. The summed E-state index contributed by atoms with van der Waals surface area (Å²) in [6.07, 6.45) is 0. The Labute approximate surface area is 139 Å². The quantitative estimate of drug-likeness (QED) is 0.796. The SMILES string of the molecule is CNC(=O)c1cc(-c2ccc(Cl)cc2)n(Cc2ccccc2)n1. The lowest BCUT2D eigenvalue weighted by molar-refractivity contribution is 0.0957. The molecule has 1 heterocycles. The van der Waals surface area contributed by atoms with Crippen LogP contribution in [0.1, 0.15) is 16.1 Å². The molecule has 0 aliphatic rings. The molecule has 5 heteroatoms. The fraction of sp³-hybridized carbons (Fsp3) is 0.111. The lowest BCUT2D eigenvalue weighted by atomic mass is 10.1. The topological polar surface area (TPSA) is 46.9 Å². The third kappa shape index (κ3) is 3.43. The summed E-state index contributed by atoms with van der Waals surface area (Å²) < 4.78 is 1.84. The third-order valence-electron chi connectivity index (χ3n) is 3.55. The largest absolute Gasteiger partial charge is 0.354 e. The second-order valence-corrected chi connectivity index (χ2v) is 5.58. The van der Waals surface area contributed by atoms with Gasteiger partial charge in [0.05, 0.1) is 12.2 Å². The number of carbonyl (C=O) groups excluding carboxylic acids is 1. The van der Waals surface area contributed by atoms with E-state index in [1.165, 1.54) is 0 Å². The van der Waals surface area contributed by atoms with E-state index in [-0.39, 0.29) is 5.91 Å². The smallest absolute Gasteiger partial charge is 0.271 e. The fourth-order valence-electron chi connectivity index (χ4n) is 2.39. The second kappa shape index (κ2) is 6.67. The summed E-state index contributed by atoms with van der Waals surface area (Å²) in [7, 11) is 1.60. The summed E-state index contributed by atoms with van der Waals surface area (Å²) in [4.78, 5) is 11.9. The molecule has 0 aliphatic carbocycles. The number of rotatable bonds is 4. The lowest BCUT2D eigenvalue weighted by Crippen LogP contribution is -2.18. The van der Waals surface area contributed by atoms with Gasteiger partial charge in [-0.05, 0) is 29.3 Å². The monoisotopic (exact) mass is 325 g/mol. The lowest BCUT2D eigenvalue weighted by Gasteiger charge is -2.08. The maximum atomic E-state index is 11.9. The van der Waals surface area contributed by atoms with E-state index in [9.17, 15) is 4.79 Å². The molecule has 3 aromatic rings. The van der Waals surface area contributed by atoms with Crippen LogP contribution in [-0.4, -0.2) is 22.7 Å². The summed E-state index contributed by atoms with van der Waals surface area (Å²) in [5.74, 6) is -0.202. The number of nitrogens with one attached hydrogen (secondary N) is 1. The van der Waals surface area contributed by atoms with Gasteiger partial charge >= 0.3 is 0 Å². The van der Waals surface area contributed by atoms with E-state index in [4.69, 9.17) is 11.6 Å². The highest BCUT2D eigenvalue weighted by molar-refractivity contribution is 6.30. The van der Waals surface area contributed by atoms with Crippen molar-refractivity contribution in [2.45, 2.75) is 6.54 Å². The van der Waals surface area contributed by atoms with E-state index in [1.807, 2.05) is 59.3 Å². The molecule has 0 saturated heterocycles. The van der Waals surface area contributed by atoms with Gasteiger partial charge in [-0.25, -0.2) is 0 Å². The van der Waals surface area contributed by atoms with Gasteiger partial charge in [-0.2, -0.15) is 5.10 Å². The predicted octanol–water partition coefficient (Wildman–Crippen LogP) is 3.61. The van der Waals surface area contributed by atoms with Crippen molar-refractivity contribution < 1.29 is 4.79 Å². The van der Waals surface area contributed by atoms with E-state index in [2.05, 4.69) is 10.4 Å². The Morgan fingerprint density at radius 2 is 1.83 bits per heavy atom. The number of hydrogen-bond acceptors (Lipinski definition) is 2. The van der Waals surface area contributed by atoms with E-state index in [0.717, 1.165) is 16.8 Å². The van der Waals surface area contributed by atoms with Gasteiger partial charge in [-0.3, -0.25) is 9.48 Å². The molecule has 0 radical (unpaired) electrons. The van der Waals surface area contributed by atoms with Crippen LogP contribution in [0.2, 0.25) is 5.02 Å². The average Bonchev–Trinajstić information content (AvgIpc) is 2.99. The fourth-order valence-corrected chi connectivity index (χ4v) is 2.51. The van der Waals surface area contributed by atoms with Crippen LogP contribution < -0.4 is 5.32 Å². The Hall–Kier alpha value is -2.59. The first-order chi connectivity index (χ1) is 11.2. The van der Waals surface area contributed by atoms with Crippen molar-refractivity contribution >= 4 is 17.5 Å². The van der Waals surface area contributed by atoms with Gasteiger partial charge in [0, 0.05) is 12.1 Å². The van der Waals surface area contributed by atoms with Crippen molar-refractivity contribution in [3.05, 3.63) is 76.9 Å². The summed E-state index contributed by atoms with van der Waals surface area (Å²) >= 11 is 5.96. The van der Waals surface area contributed by atoms with Gasteiger partial charge in [-0.15, -0.1) is 0 Å². The number of amides is 1. The first kappa shape index (κ1) is 15.3. The van der Waals surface area contributed by atoms with Gasteiger partial charge < -0.3 is 5.32 Å². The normalized spacial score (nSPS) is 10.5. The maximum absolute atomic E-state index is 11.9. The van der Waals surface area contributed by atoms with Gasteiger partial charge in [0.15, 0.2) is 5.69 Å². The molecule has 1 aromatic heterocycles. The number of halogens is 1. The van der Waals surface area contributed by atoms with E-state index >= 15 is 0 Å². The van der Waals surface area contributed by atoms with Crippen LogP contribution in [-0.2, 0) is 6.54 Å². The van der Waals surface area contributed by atoms with Gasteiger partial charge in [0.2, 0.25) is 0 Å². The minimum atomic E-state index is -0.202. The molecule has 23 heavy (non-hydrogen) atoms. The number of benzene rings is 2. The molecular weight excluding hydrogens is 310 g/mol. The minimum Gasteiger partial charge on any atom is -0.354 e. The predicted molar refractivity (Wildman–Crippen MR) is 91.6 cm³/mol. The van der Waals surface area contributed by atoms with Crippen LogP contribution in [0.25, 0.3) is 11.3 Å². The molecule has 116 valence electrons. The Morgan fingerprint density at radius 3 is 2.48 bits per heavy atom. The third-order valence-corrected chi connectivity index (χ3v) is 3.81. The molecule has 0 atom stereocenters. The molecule has 3 rings (SSSR count). The standard InChI is InChI=1S/C18H16ClN3O/c1-20-18(23)16-11-17(14-7-9-15(19)10-8-14)22(21-16)12-13-5-3-2-4-6-13/h2-11H,12H2,1H3,(H,20,23). The molecule has 0 saturated carbocycles. The number of hydrogen-bond donors (Lipinski definition) is 1. The van der Waals surface area contributed by atoms with Crippen LogP contribution in [0.4, 0.5) is 0 Å². The molecule has 2 aromatic carbocycles. The molecule has 1 amide bonds. The first-order valence-corrected chi connectivity index (χ1v) is 7.65. The Kier molecular flexibility index (Phi) is 4.44. The zero-order chi connectivity index (χ0) is 16.2. The zero-order valence-corrected chi connectivity index (χ0v) is 13.4. The average molecular weight is 326 g/mol. The maximum Gasteiger partial charge on any atom is 0.271 e. The number of carbonyl (C=O) groups is 1. The van der Waals surface area contributed by atoms with Crippen LogP contribution in [0, 0.1) is 0 Å². The van der Waals surface area contributed by atoms with Gasteiger partial charge in [-0.1, -0.05) is 54.1 Å². The first-order valence-electron chi connectivity index (χ1n) is 7.27. The van der Waals surface area contributed by atoms with Crippen LogP contribution in [0.3, 0.4) is 0 Å². The number of aromatic nitrogens is 2. The molecule has 1 N–H and O–H groups in total.